The minimum atomic E-state index is -2.68. The number of anilines is 1. The molecule has 1 saturated carbocycles. The second kappa shape index (κ2) is 6.45. The van der Waals surface area contributed by atoms with Gasteiger partial charge < -0.3 is 5.32 Å². The Balaban J connectivity index is 1.44. The van der Waals surface area contributed by atoms with Gasteiger partial charge in [-0.15, -0.1) is 0 Å². The van der Waals surface area contributed by atoms with E-state index in [2.05, 4.69) is 20.6 Å². The fraction of sp³-hybridized carbons (Fsp3) is 0.278. The summed E-state index contributed by atoms with van der Waals surface area (Å²) in [7, 11) is 0. The number of benzene rings is 1. The third kappa shape index (κ3) is 3.57. The van der Waals surface area contributed by atoms with E-state index in [1.807, 2.05) is 12.1 Å². The van der Waals surface area contributed by atoms with E-state index in [4.69, 9.17) is 11.6 Å². The molecule has 1 aliphatic carbocycles. The second-order valence-electron chi connectivity index (χ2n) is 6.64. The van der Waals surface area contributed by atoms with Crippen LogP contribution in [-0.2, 0) is 4.79 Å². The van der Waals surface area contributed by atoms with Gasteiger partial charge in [0.05, 0.1) is 23.7 Å². The van der Waals surface area contributed by atoms with Crippen LogP contribution in [0.5, 0.6) is 0 Å². The van der Waals surface area contributed by atoms with Crippen molar-refractivity contribution in [1.82, 2.24) is 20.0 Å². The highest BCUT2D eigenvalue weighted by atomic mass is 35.5. The number of nitrogens with one attached hydrogen (secondary N) is 2. The first-order valence-electron chi connectivity index (χ1n) is 8.38. The van der Waals surface area contributed by atoms with E-state index < -0.39 is 17.8 Å². The number of carbonyl (C=O) groups is 1. The zero-order valence-corrected chi connectivity index (χ0v) is 15.0. The minimum Gasteiger partial charge on any atom is -0.309 e. The van der Waals surface area contributed by atoms with Crippen LogP contribution in [0.2, 0.25) is 5.02 Å². The van der Waals surface area contributed by atoms with Gasteiger partial charge in [0.2, 0.25) is 5.91 Å². The number of aromatic amines is 1. The van der Waals surface area contributed by atoms with E-state index in [0.717, 1.165) is 5.69 Å². The summed E-state index contributed by atoms with van der Waals surface area (Å²) in [6.07, 6.45) is 3.16. The van der Waals surface area contributed by atoms with E-state index in [1.54, 1.807) is 36.1 Å². The molecule has 0 bridgehead atoms. The fourth-order valence-corrected chi connectivity index (χ4v) is 3.02. The molecule has 2 atom stereocenters. The topological polar surface area (TPSA) is 75.6 Å². The standard InChI is InChI=1S/C18H16ClF2N5O/c1-10(11-8-22-26(9-11)13-4-2-3-12(19)5-13)17(27)23-16-6-15(24-25-16)14-7-18(14,20)21/h2-6,8-10,14H,7H2,1H3,(H2,23,24,25,27)/t10-,14?/m1/s1. The number of nitrogens with zero attached hydrogens (tertiary/aromatic N) is 3. The molecule has 0 radical (unpaired) electrons. The Labute approximate surface area is 158 Å². The molecular weight excluding hydrogens is 376 g/mol. The van der Waals surface area contributed by atoms with Gasteiger partial charge in [0.25, 0.3) is 5.92 Å². The van der Waals surface area contributed by atoms with Crippen molar-refractivity contribution in [2.24, 2.45) is 0 Å². The Kier molecular flexibility index (Phi) is 4.22. The summed E-state index contributed by atoms with van der Waals surface area (Å²) in [6, 6.07) is 8.65. The number of hydrogen-bond donors (Lipinski definition) is 2. The Hall–Kier alpha value is -2.74. The molecule has 0 aliphatic heterocycles. The third-order valence-corrected chi connectivity index (χ3v) is 4.85. The summed E-state index contributed by atoms with van der Waals surface area (Å²) < 4.78 is 27.9. The van der Waals surface area contributed by atoms with Crippen LogP contribution in [0.3, 0.4) is 0 Å². The number of amides is 1. The van der Waals surface area contributed by atoms with Gasteiger partial charge in [-0.25, -0.2) is 13.5 Å². The van der Waals surface area contributed by atoms with Crippen molar-refractivity contribution in [3.8, 4) is 5.69 Å². The van der Waals surface area contributed by atoms with Crippen molar-refractivity contribution in [2.75, 3.05) is 5.32 Å². The van der Waals surface area contributed by atoms with Gasteiger partial charge in [0.15, 0.2) is 5.82 Å². The zero-order valence-electron chi connectivity index (χ0n) is 14.3. The van der Waals surface area contributed by atoms with Crippen LogP contribution in [0.1, 0.15) is 36.4 Å². The molecule has 0 saturated heterocycles. The van der Waals surface area contributed by atoms with E-state index in [-0.39, 0.29) is 18.1 Å². The summed E-state index contributed by atoms with van der Waals surface area (Å²) in [5.41, 5.74) is 1.82. The first-order chi connectivity index (χ1) is 12.8. The van der Waals surface area contributed by atoms with Gasteiger partial charge in [-0.1, -0.05) is 17.7 Å². The van der Waals surface area contributed by atoms with Crippen LogP contribution < -0.4 is 5.32 Å². The minimum absolute atomic E-state index is 0.193. The van der Waals surface area contributed by atoms with E-state index in [9.17, 15) is 13.6 Å². The molecule has 1 amide bonds. The molecule has 2 N–H and O–H groups in total. The van der Waals surface area contributed by atoms with Crippen LogP contribution in [-0.4, -0.2) is 31.8 Å². The lowest BCUT2D eigenvalue weighted by Crippen LogP contribution is -2.18. The number of H-pyrrole nitrogens is 1. The molecule has 1 unspecified atom stereocenters. The Morgan fingerprint density at radius 1 is 1.44 bits per heavy atom. The van der Waals surface area contributed by atoms with Crippen molar-refractivity contribution < 1.29 is 13.6 Å². The second-order valence-corrected chi connectivity index (χ2v) is 7.07. The van der Waals surface area contributed by atoms with Crippen molar-refractivity contribution >= 4 is 23.3 Å². The molecule has 2 aromatic heterocycles. The summed E-state index contributed by atoms with van der Waals surface area (Å²) in [5.74, 6) is -4.10. The number of halogens is 3. The maximum atomic E-state index is 13.1. The Morgan fingerprint density at radius 3 is 2.93 bits per heavy atom. The molecule has 6 nitrogen and oxygen atoms in total. The summed E-state index contributed by atoms with van der Waals surface area (Å²) in [5, 5.41) is 14.0. The monoisotopic (exact) mass is 391 g/mol. The largest absolute Gasteiger partial charge is 0.309 e. The number of hydrogen-bond acceptors (Lipinski definition) is 3. The molecule has 0 spiro atoms. The average Bonchev–Trinajstić information content (AvgIpc) is 3.03. The maximum Gasteiger partial charge on any atom is 0.257 e. The SMILES string of the molecule is C[C@@H](C(=O)Nc1cc(C2CC2(F)F)[nH]n1)c1cnn(-c2cccc(Cl)c2)c1. The summed E-state index contributed by atoms with van der Waals surface area (Å²) in [4.78, 5) is 12.5. The predicted molar refractivity (Wildman–Crippen MR) is 96.5 cm³/mol. The van der Waals surface area contributed by atoms with Crippen LogP contribution in [0.15, 0.2) is 42.7 Å². The number of alkyl halides is 2. The summed E-state index contributed by atoms with van der Waals surface area (Å²) in [6.45, 7) is 1.73. The molecule has 1 aromatic carbocycles. The Bertz CT molecular complexity index is 999. The van der Waals surface area contributed by atoms with E-state index in [0.29, 0.717) is 16.3 Å². The van der Waals surface area contributed by atoms with Crippen LogP contribution >= 0.6 is 11.6 Å². The Morgan fingerprint density at radius 2 is 2.22 bits per heavy atom. The number of carbonyl (C=O) groups excluding carboxylic acids is 1. The zero-order chi connectivity index (χ0) is 19.2. The van der Waals surface area contributed by atoms with E-state index >= 15 is 0 Å². The quantitative estimate of drug-likeness (QED) is 0.687. The smallest absolute Gasteiger partial charge is 0.257 e. The lowest BCUT2D eigenvalue weighted by Gasteiger charge is -2.08. The lowest BCUT2D eigenvalue weighted by atomic mass is 10.0. The van der Waals surface area contributed by atoms with Gasteiger partial charge in [0.1, 0.15) is 0 Å². The molecule has 140 valence electrons. The molecule has 27 heavy (non-hydrogen) atoms. The van der Waals surface area contributed by atoms with E-state index in [1.165, 1.54) is 6.07 Å². The van der Waals surface area contributed by atoms with Gasteiger partial charge in [-0.3, -0.25) is 9.89 Å². The van der Waals surface area contributed by atoms with Crippen molar-refractivity contribution in [3.05, 3.63) is 59.0 Å². The molecule has 4 rings (SSSR count). The highest BCUT2D eigenvalue weighted by molar-refractivity contribution is 6.30. The predicted octanol–water partition coefficient (Wildman–Crippen LogP) is 4.11. The maximum absolute atomic E-state index is 13.1. The summed E-state index contributed by atoms with van der Waals surface area (Å²) >= 11 is 5.99. The van der Waals surface area contributed by atoms with Gasteiger partial charge in [-0.05, 0) is 25.1 Å². The highest BCUT2D eigenvalue weighted by Crippen LogP contribution is 2.55. The third-order valence-electron chi connectivity index (χ3n) is 4.62. The fourth-order valence-electron chi connectivity index (χ4n) is 2.84. The van der Waals surface area contributed by atoms with Crippen molar-refractivity contribution in [2.45, 2.75) is 31.1 Å². The first-order valence-corrected chi connectivity index (χ1v) is 8.76. The van der Waals surface area contributed by atoms with Crippen LogP contribution in [0.4, 0.5) is 14.6 Å². The highest BCUT2D eigenvalue weighted by Gasteiger charge is 2.58. The number of rotatable bonds is 5. The van der Waals surface area contributed by atoms with Gasteiger partial charge >= 0.3 is 0 Å². The van der Waals surface area contributed by atoms with Crippen LogP contribution in [0.25, 0.3) is 5.69 Å². The first kappa shape index (κ1) is 17.7. The van der Waals surface area contributed by atoms with Gasteiger partial charge in [-0.2, -0.15) is 10.2 Å². The molecule has 3 aromatic rings. The molecule has 1 aliphatic rings. The molecular formula is C18H16ClF2N5O. The van der Waals surface area contributed by atoms with Gasteiger partial charge in [0, 0.05) is 35.0 Å². The molecule has 1 fully saturated rings. The molecule has 2 heterocycles. The lowest BCUT2D eigenvalue weighted by molar-refractivity contribution is -0.117. The number of aromatic nitrogens is 4. The van der Waals surface area contributed by atoms with Crippen molar-refractivity contribution in [3.63, 3.8) is 0 Å². The average molecular weight is 392 g/mol. The van der Waals surface area contributed by atoms with Crippen molar-refractivity contribution in [1.29, 1.82) is 0 Å². The van der Waals surface area contributed by atoms with Crippen LogP contribution in [0, 0.1) is 0 Å². The normalized spacial score (nSPS) is 18.9. The molecule has 9 heteroatoms.